The molecule has 1 spiro atoms. The Bertz CT molecular complexity index is 816. The number of nitrogens with zero attached hydrogens (tertiary/aromatic N) is 3. The molecule has 2 aromatic rings. The van der Waals surface area contributed by atoms with Crippen LogP contribution in [0.25, 0.3) is 11.3 Å². The van der Waals surface area contributed by atoms with Gasteiger partial charge in [0.1, 0.15) is 11.4 Å². The van der Waals surface area contributed by atoms with Gasteiger partial charge in [0.25, 0.3) is 0 Å². The summed E-state index contributed by atoms with van der Waals surface area (Å²) in [6.07, 6.45) is 5.79. The van der Waals surface area contributed by atoms with Crippen LogP contribution in [-0.4, -0.2) is 50.6 Å². The second-order valence-corrected chi connectivity index (χ2v) is 8.03. The summed E-state index contributed by atoms with van der Waals surface area (Å²) in [6, 6.07) is 6.68. The average molecular weight is 370 g/mol. The van der Waals surface area contributed by atoms with Crippen molar-refractivity contribution in [3.63, 3.8) is 0 Å². The molecule has 6 heteroatoms. The molecule has 0 radical (unpaired) electrons. The molecule has 1 aromatic heterocycles. The van der Waals surface area contributed by atoms with Crippen LogP contribution in [0.3, 0.4) is 0 Å². The summed E-state index contributed by atoms with van der Waals surface area (Å²) >= 11 is 0. The van der Waals surface area contributed by atoms with E-state index in [-0.39, 0.29) is 23.3 Å². The van der Waals surface area contributed by atoms with Crippen molar-refractivity contribution in [2.75, 3.05) is 13.1 Å². The zero-order valence-electron chi connectivity index (χ0n) is 16.0. The van der Waals surface area contributed by atoms with Crippen LogP contribution < -0.4 is 0 Å². The summed E-state index contributed by atoms with van der Waals surface area (Å²) in [5.41, 5.74) is 2.49. The second-order valence-electron chi connectivity index (χ2n) is 8.03. The average Bonchev–Trinajstić information content (AvgIpc) is 3.26. The van der Waals surface area contributed by atoms with Crippen LogP contribution in [0.5, 0.6) is 0 Å². The molecule has 0 saturated carbocycles. The second kappa shape index (κ2) is 7.08. The van der Waals surface area contributed by atoms with E-state index in [1.165, 1.54) is 12.1 Å². The molecule has 0 aliphatic carbocycles. The van der Waals surface area contributed by atoms with E-state index in [0.717, 1.165) is 55.6 Å². The normalized spacial score (nSPS) is 23.7. The summed E-state index contributed by atoms with van der Waals surface area (Å²) in [5.74, 6) is 0.0352. The van der Waals surface area contributed by atoms with Crippen molar-refractivity contribution >= 4 is 5.91 Å². The highest BCUT2D eigenvalue weighted by Gasteiger charge is 2.51. The molecule has 5 nitrogen and oxygen atoms in total. The zero-order chi connectivity index (χ0) is 19.0. The number of amides is 1. The van der Waals surface area contributed by atoms with E-state index in [2.05, 4.69) is 28.9 Å². The molecule has 27 heavy (non-hydrogen) atoms. The molecule has 144 valence electrons. The Hall–Kier alpha value is -2.21. The van der Waals surface area contributed by atoms with Gasteiger partial charge in [0.05, 0.1) is 11.9 Å². The van der Waals surface area contributed by atoms with Crippen LogP contribution in [-0.2, 0) is 11.3 Å². The molecule has 2 aliphatic heterocycles. The third-order valence-corrected chi connectivity index (χ3v) is 6.11. The fraction of sp³-hybridized carbons (Fsp3) is 0.524. The lowest BCUT2D eigenvalue weighted by atomic mass is 9.84. The molecule has 3 heterocycles. The molecule has 2 saturated heterocycles. The molecule has 1 unspecified atom stereocenters. The van der Waals surface area contributed by atoms with Crippen molar-refractivity contribution in [2.45, 2.75) is 57.7 Å². The molecule has 1 amide bonds. The van der Waals surface area contributed by atoms with Gasteiger partial charge in [-0.2, -0.15) is 5.10 Å². The standard InChI is InChI=1S/C21H27FN4O/c1-15(2)26-12-4-10-21(20(26)27)9-3-11-25(21)14-17-13-23-24-19(17)16-5-7-18(22)8-6-16/h5-8,13,15H,3-4,9-12,14H2,1-2H3,(H,23,24). The number of carbonyl (C=O) groups excluding carboxylic acids is 1. The minimum absolute atomic E-state index is 0.237. The molecular formula is C21H27FN4O. The molecule has 2 aliphatic rings. The fourth-order valence-electron chi connectivity index (χ4n) is 4.70. The summed E-state index contributed by atoms with van der Waals surface area (Å²) in [6.45, 7) is 6.66. The first-order chi connectivity index (χ1) is 13.0. The van der Waals surface area contributed by atoms with E-state index < -0.39 is 0 Å². The number of H-pyrrole nitrogens is 1. The number of piperidine rings is 1. The Kier molecular flexibility index (Phi) is 4.76. The number of aromatic amines is 1. The first-order valence-corrected chi connectivity index (χ1v) is 9.85. The number of nitrogens with one attached hydrogen (secondary N) is 1. The van der Waals surface area contributed by atoms with Gasteiger partial charge >= 0.3 is 0 Å². The SMILES string of the molecule is CC(C)N1CCCC2(CCCN2Cc2cn[nH]c2-c2ccc(F)cc2)C1=O. The highest BCUT2D eigenvalue weighted by molar-refractivity contribution is 5.87. The fourth-order valence-corrected chi connectivity index (χ4v) is 4.70. The number of carbonyl (C=O) groups is 1. The number of halogens is 1. The maximum Gasteiger partial charge on any atom is 0.243 e. The Balaban J connectivity index is 1.61. The molecular weight excluding hydrogens is 343 g/mol. The Labute approximate surface area is 159 Å². The van der Waals surface area contributed by atoms with Crippen molar-refractivity contribution in [3.05, 3.63) is 41.8 Å². The molecule has 1 aromatic carbocycles. The van der Waals surface area contributed by atoms with E-state index in [9.17, 15) is 9.18 Å². The van der Waals surface area contributed by atoms with Crippen LogP contribution in [0.2, 0.25) is 0 Å². The number of aromatic nitrogens is 2. The number of hydrogen-bond donors (Lipinski definition) is 1. The monoisotopic (exact) mass is 370 g/mol. The predicted octanol–water partition coefficient (Wildman–Crippen LogP) is 3.58. The van der Waals surface area contributed by atoms with Gasteiger partial charge in [0.15, 0.2) is 0 Å². The van der Waals surface area contributed by atoms with Gasteiger partial charge in [-0.25, -0.2) is 4.39 Å². The first-order valence-electron chi connectivity index (χ1n) is 9.85. The van der Waals surface area contributed by atoms with Crippen molar-refractivity contribution in [1.82, 2.24) is 20.0 Å². The molecule has 1 N–H and O–H groups in total. The maximum atomic E-state index is 13.3. The van der Waals surface area contributed by atoms with Crippen molar-refractivity contribution in [1.29, 1.82) is 0 Å². The minimum atomic E-state index is -0.375. The van der Waals surface area contributed by atoms with E-state index in [4.69, 9.17) is 0 Å². The lowest BCUT2D eigenvalue weighted by Crippen LogP contribution is -2.61. The number of rotatable bonds is 4. The smallest absolute Gasteiger partial charge is 0.243 e. The molecule has 1 atom stereocenters. The third kappa shape index (κ3) is 3.16. The van der Waals surface area contributed by atoms with Gasteiger partial charge in [-0.3, -0.25) is 14.8 Å². The zero-order valence-corrected chi connectivity index (χ0v) is 16.0. The highest BCUT2D eigenvalue weighted by atomic mass is 19.1. The summed E-state index contributed by atoms with van der Waals surface area (Å²) in [5, 5.41) is 7.27. The highest BCUT2D eigenvalue weighted by Crippen LogP contribution is 2.40. The largest absolute Gasteiger partial charge is 0.339 e. The maximum absolute atomic E-state index is 13.3. The first kappa shape index (κ1) is 18.2. The van der Waals surface area contributed by atoms with Gasteiger partial charge in [-0.15, -0.1) is 0 Å². The van der Waals surface area contributed by atoms with Crippen LogP contribution >= 0.6 is 0 Å². The Morgan fingerprint density at radius 3 is 2.59 bits per heavy atom. The Morgan fingerprint density at radius 2 is 1.89 bits per heavy atom. The van der Waals surface area contributed by atoms with E-state index >= 15 is 0 Å². The lowest BCUT2D eigenvalue weighted by Gasteiger charge is -2.46. The predicted molar refractivity (Wildman–Crippen MR) is 102 cm³/mol. The molecule has 4 rings (SSSR count). The van der Waals surface area contributed by atoms with E-state index in [1.54, 1.807) is 12.1 Å². The Morgan fingerprint density at radius 1 is 1.19 bits per heavy atom. The number of benzene rings is 1. The quantitative estimate of drug-likeness (QED) is 0.895. The van der Waals surface area contributed by atoms with Gasteiger partial charge in [0.2, 0.25) is 5.91 Å². The summed E-state index contributed by atoms with van der Waals surface area (Å²) in [4.78, 5) is 17.7. The molecule has 2 fully saturated rings. The van der Waals surface area contributed by atoms with Crippen LogP contribution in [0.4, 0.5) is 4.39 Å². The third-order valence-electron chi connectivity index (χ3n) is 6.11. The lowest BCUT2D eigenvalue weighted by molar-refractivity contribution is -0.149. The van der Waals surface area contributed by atoms with Gasteiger partial charge in [-0.05, 0) is 70.3 Å². The van der Waals surface area contributed by atoms with E-state index in [0.29, 0.717) is 6.54 Å². The van der Waals surface area contributed by atoms with Crippen LogP contribution in [0, 0.1) is 5.82 Å². The van der Waals surface area contributed by atoms with Gasteiger partial charge < -0.3 is 4.90 Å². The minimum Gasteiger partial charge on any atom is -0.339 e. The van der Waals surface area contributed by atoms with Crippen LogP contribution in [0.15, 0.2) is 30.5 Å². The van der Waals surface area contributed by atoms with Crippen molar-refractivity contribution < 1.29 is 9.18 Å². The number of hydrogen-bond acceptors (Lipinski definition) is 3. The van der Waals surface area contributed by atoms with Crippen LogP contribution in [0.1, 0.15) is 45.1 Å². The van der Waals surface area contributed by atoms with Gasteiger partial charge in [-0.1, -0.05) is 0 Å². The number of likely N-dealkylation sites (tertiary alicyclic amines) is 2. The summed E-state index contributed by atoms with van der Waals surface area (Å²) in [7, 11) is 0. The topological polar surface area (TPSA) is 52.2 Å². The van der Waals surface area contributed by atoms with Crippen molar-refractivity contribution in [2.24, 2.45) is 0 Å². The van der Waals surface area contributed by atoms with E-state index in [1.807, 2.05) is 11.1 Å². The van der Waals surface area contributed by atoms with Gasteiger partial charge in [0, 0.05) is 30.3 Å². The molecule has 0 bridgehead atoms. The van der Waals surface area contributed by atoms with Crippen molar-refractivity contribution in [3.8, 4) is 11.3 Å². The summed E-state index contributed by atoms with van der Waals surface area (Å²) < 4.78 is 13.3.